The van der Waals surface area contributed by atoms with E-state index in [2.05, 4.69) is 36.0 Å². The zero-order valence-corrected chi connectivity index (χ0v) is 21.7. The molecule has 2 aromatic rings. The molecule has 1 unspecified atom stereocenters. The summed E-state index contributed by atoms with van der Waals surface area (Å²) in [6.45, 7) is 7.35. The van der Waals surface area contributed by atoms with Gasteiger partial charge in [-0.1, -0.05) is 45.0 Å². The molecular formula is C29H36FN3O4. The van der Waals surface area contributed by atoms with Gasteiger partial charge in [0.1, 0.15) is 18.1 Å². The van der Waals surface area contributed by atoms with Gasteiger partial charge in [0.25, 0.3) is 11.9 Å². The third-order valence-corrected chi connectivity index (χ3v) is 7.49. The molecule has 1 atom stereocenters. The first-order valence-corrected chi connectivity index (χ1v) is 13.0. The van der Waals surface area contributed by atoms with Crippen molar-refractivity contribution in [3.8, 4) is 0 Å². The number of hydrogen-bond acceptors (Lipinski definition) is 4. The van der Waals surface area contributed by atoms with Gasteiger partial charge < -0.3 is 20.1 Å². The molecule has 1 aliphatic heterocycles. The van der Waals surface area contributed by atoms with E-state index in [0.29, 0.717) is 24.1 Å². The molecule has 1 heterocycles. The minimum atomic E-state index is -0.957. The van der Waals surface area contributed by atoms with E-state index in [4.69, 9.17) is 9.84 Å². The fraction of sp³-hybridized carbons (Fsp3) is 0.483. The molecule has 2 N–H and O–H groups in total. The first-order valence-electron chi connectivity index (χ1n) is 13.0. The number of aliphatic carboxylic acids is 1. The summed E-state index contributed by atoms with van der Waals surface area (Å²) < 4.78 is 20.5. The number of carboxylic acid groups (broad SMARTS) is 1. The lowest BCUT2D eigenvalue weighted by atomic mass is 9.71. The number of carbonyl (C=O) groups is 2. The highest BCUT2D eigenvalue weighted by atomic mass is 19.1. The number of rotatable bonds is 7. The summed E-state index contributed by atoms with van der Waals surface area (Å²) in [5.74, 6) is -1.01. The summed E-state index contributed by atoms with van der Waals surface area (Å²) in [7, 11) is 0. The van der Waals surface area contributed by atoms with Crippen LogP contribution in [0.2, 0.25) is 0 Å². The van der Waals surface area contributed by atoms with Gasteiger partial charge in [-0.2, -0.15) is 4.99 Å². The number of halogens is 1. The lowest BCUT2D eigenvalue weighted by molar-refractivity contribution is -0.136. The van der Waals surface area contributed by atoms with E-state index in [1.807, 2.05) is 12.1 Å². The van der Waals surface area contributed by atoms with Crippen LogP contribution in [0.4, 0.5) is 10.1 Å². The highest BCUT2D eigenvalue weighted by molar-refractivity contribution is 5.94. The van der Waals surface area contributed by atoms with Crippen LogP contribution < -0.4 is 5.32 Å². The van der Waals surface area contributed by atoms with Crippen molar-refractivity contribution < 1.29 is 23.8 Å². The molecule has 1 aliphatic carbocycles. The Morgan fingerprint density at radius 3 is 2.38 bits per heavy atom. The van der Waals surface area contributed by atoms with E-state index >= 15 is 0 Å². The molecule has 8 heteroatoms. The van der Waals surface area contributed by atoms with Gasteiger partial charge in [0.05, 0.1) is 12.5 Å². The molecule has 2 aliphatic rings. The van der Waals surface area contributed by atoms with Crippen molar-refractivity contribution in [2.45, 2.75) is 65.0 Å². The minimum Gasteiger partial charge on any atom is -0.481 e. The quantitative estimate of drug-likeness (QED) is 0.500. The van der Waals surface area contributed by atoms with Gasteiger partial charge in [-0.15, -0.1) is 0 Å². The summed E-state index contributed by atoms with van der Waals surface area (Å²) >= 11 is 0. The highest BCUT2D eigenvalue weighted by Gasteiger charge is 2.40. The Balaban J connectivity index is 1.56. The number of carboxylic acids is 1. The van der Waals surface area contributed by atoms with E-state index < -0.39 is 11.8 Å². The number of ether oxygens (including phenoxy) is 1. The molecule has 0 spiro atoms. The van der Waals surface area contributed by atoms with E-state index in [0.717, 1.165) is 31.2 Å². The number of hydrogen-bond donors (Lipinski definition) is 2. The number of nitrogens with zero attached hydrogens (tertiary/aromatic N) is 2. The number of aliphatic imine (C=N–C) groups is 1. The maximum Gasteiger partial charge on any atom is 0.305 e. The van der Waals surface area contributed by atoms with E-state index in [-0.39, 0.29) is 42.1 Å². The van der Waals surface area contributed by atoms with Crippen LogP contribution in [-0.4, -0.2) is 47.1 Å². The van der Waals surface area contributed by atoms with Crippen molar-refractivity contribution in [1.29, 1.82) is 0 Å². The molecule has 4 rings (SSSR count). The summed E-state index contributed by atoms with van der Waals surface area (Å²) in [6, 6.07) is 14.3. The molecular weight excluding hydrogens is 473 g/mol. The first kappa shape index (κ1) is 26.6. The fourth-order valence-electron chi connectivity index (χ4n) is 5.31. The molecule has 2 fully saturated rings. The molecule has 198 valence electrons. The number of carbonyl (C=O) groups excluding carboxylic acids is 1. The average molecular weight is 510 g/mol. The van der Waals surface area contributed by atoms with Gasteiger partial charge in [0, 0.05) is 18.2 Å². The van der Waals surface area contributed by atoms with Crippen molar-refractivity contribution in [2.24, 2.45) is 16.3 Å². The van der Waals surface area contributed by atoms with Crippen LogP contribution in [-0.2, 0) is 9.53 Å². The van der Waals surface area contributed by atoms with Crippen LogP contribution in [0.25, 0.3) is 0 Å². The van der Waals surface area contributed by atoms with Gasteiger partial charge in [0.15, 0.2) is 0 Å². The normalized spacial score (nSPS) is 23.1. The Morgan fingerprint density at radius 1 is 1.08 bits per heavy atom. The summed E-state index contributed by atoms with van der Waals surface area (Å²) in [5, 5.41) is 11.4. The van der Waals surface area contributed by atoms with Crippen LogP contribution in [0, 0.1) is 17.2 Å². The second-order valence-corrected chi connectivity index (χ2v) is 11.0. The summed E-state index contributed by atoms with van der Waals surface area (Å²) in [5.41, 5.74) is 1.96. The van der Waals surface area contributed by atoms with E-state index in [1.165, 1.54) is 6.07 Å². The Morgan fingerprint density at radius 2 is 1.76 bits per heavy atom. The first-order chi connectivity index (χ1) is 17.6. The molecule has 1 saturated carbocycles. The Labute approximate surface area is 217 Å². The fourth-order valence-corrected chi connectivity index (χ4v) is 5.31. The number of nitrogens with one attached hydrogen (secondary N) is 1. The maximum absolute atomic E-state index is 14.4. The zero-order chi connectivity index (χ0) is 26.6. The Hall–Kier alpha value is -3.42. The highest BCUT2D eigenvalue weighted by Crippen LogP contribution is 2.42. The molecule has 0 bridgehead atoms. The maximum atomic E-state index is 14.4. The van der Waals surface area contributed by atoms with Gasteiger partial charge in [0.2, 0.25) is 0 Å². The SMILES string of the molecule is CC(C)(C)C1CCC(N2C(=Nc3ccccc3F)OCC2c2ccc(C(=O)NCCC(=O)O)cc2)CC1. The summed E-state index contributed by atoms with van der Waals surface area (Å²) in [6.07, 6.45) is 4.10. The van der Waals surface area contributed by atoms with Crippen LogP contribution in [0.5, 0.6) is 0 Å². The Kier molecular flexibility index (Phi) is 8.15. The second kappa shape index (κ2) is 11.3. The molecule has 0 aromatic heterocycles. The smallest absolute Gasteiger partial charge is 0.305 e. The van der Waals surface area contributed by atoms with Crippen LogP contribution in [0.1, 0.15) is 74.8 Å². The largest absolute Gasteiger partial charge is 0.481 e. The van der Waals surface area contributed by atoms with Crippen molar-refractivity contribution >= 4 is 23.6 Å². The molecule has 1 saturated heterocycles. The predicted molar refractivity (Wildman–Crippen MR) is 140 cm³/mol. The molecule has 7 nitrogen and oxygen atoms in total. The lowest BCUT2D eigenvalue weighted by Crippen LogP contribution is -2.42. The van der Waals surface area contributed by atoms with Crippen LogP contribution >= 0.6 is 0 Å². The number of benzene rings is 2. The predicted octanol–water partition coefficient (Wildman–Crippen LogP) is 5.70. The van der Waals surface area contributed by atoms with Gasteiger partial charge in [-0.25, -0.2) is 4.39 Å². The van der Waals surface area contributed by atoms with E-state index in [9.17, 15) is 14.0 Å². The van der Waals surface area contributed by atoms with Crippen molar-refractivity contribution in [2.75, 3.05) is 13.2 Å². The molecule has 2 aromatic carbocycles. The Bertz CT molecular complexity index is 1130. The van der Waals surface area contributed by atoms with Crippen molar-refractivity contribution in [3.63, 3.8) is 0 Å². The average Bonchev–Trinajstić information content (AvgIpc) is 3.28. The number of amides is 1. The van der Waals surface area contributed by atoms with Gasteiger partial charge in [-0.05, 0) is 66.8 Å². The summed E-state index contributed by atoms with van der Waals surface area (Å²) in [4.78, 5) is 29.9. The molecule has 0 radical (unpaired) electrons. The second-order valence-electron chi connectivity index (χ2n) is 11.0. The standard InChI is InChI=1S/C29H36FN3O4/c1-29(2,3)21-12-14-22(15-13-21)33-25(18-37-28(33)32-24-7-5-4-6-23(24)30)19-8-10-20(11-9-19)27(36)31-17-16-26(34)35/h4-11,21-22,25H,12-18H2,1-3H3,(H,31,36)(H,34,35). The van der Waals surface area contributed by atoms with Crippen LogP contribution in [0.15, 0.2) is 53.5 Å². The third-order valence-electron chi connectivity index (χ3n) is 7.49. The topological polar surface area (TPSA) is 91.2 Å². The lowest BCUT2D eigenvalue weighted by Gasteiger charge is -2.41. The van der Waals surface area contributed by atoms with Gasteiger partial charge >= 0.3 is 5.97 Å². The molecule has 1 amide bonds. The number of amidine groups is 1. The minimum absolute atomic E-state index is 0.0767. The number of para-hydroxylation sites is 1. The van der Waals surface area contributed by atoms with E-state index in [1.54, 1.807) is 30.3 Å². The van der Waals surface area contributed by atoms with Crippen LogP contribution in [0.3, 0.4) is 0 Å². The molecule has 37 heavy (non-hydrogen) atoms. The third kappa shape index (κ3) is 6.48. The van der Waals surface area contributed by atoms with Gasteiger partial charge in [-0.3, -0.25) is 9.59 Å². The zero-order valence-electron chi connectivity index (χ0n) is 21.7. The monoisotopic (exact) mass is 509 g/mol. The van der Waals surface area contributed by atoms with Crippen molar-refractivity contribution in [1.82, 2.24) is 10.2 Å². The van der Waals surface area contributed by atoms with Crippen molar-refractivity contribution in [3.05, 3.63) is 65.5 Å².